The van der Waals surface area contributed by atoms with E-state index in [9.17, 15) is 0 Å². The second-order valence-electron chi connectivity index (χ2n) is 5.30. The number of guanidine groups is 1. The molecule has 2 N–H and O–H groups in total. The minimum absolute atomic E-state index is 0.316. The van der Waals surface area contributed by atoms with Gasteiger partial charge in [-0.05, 0) is 42.8 Å². The lowest BCUT2D eigenvalue weighted by Gasteiger charge is -2.26. The van der Waals surface area contributed by atoms with Gasteiger partial charge in [-0.1, -0.05) is 54.6 Å². The molecular weight excluding hydrogens is 282 g/mol. The average molecular weight is 301 g/mol. The first-order valence-electron chi connectivity index (χ1n) is 7.57. The number of rotatable bonds is 3. The third kappa shape index (κ3) is 3.40. The normalized spacial score (nSPS) is 10.1. The van der Waals surface area contributed by atoms with Crippen molar-refractivity contribution in [2.75, 3.05) is 10.2 Å². The number of anilines is 3. The van der Waals surface area contributed by atoms with Crippen molar-refractivity contribution in [2.24, 2.45) is 0 Å². The zero-order valence-corrected chi connectivity index (χ0v) is 13.0. The highest BCUT2D eigenvalue weighted by molar-refractivity contribution is 6.08. The van der Waals surface area contributed by atoms with E-state index < -0.39 is 0 Å². The minimum atomic E-state index is 0.316. The molecule has 0 spiro atoms. The van der Waals surface area contributed by atoms with Crippen molar-refractivity contribution in [1.29, 1.82) is 5.41 Å². The molecule has 23 heavy (non-hydrogen) atoms. The number of aryl methyl sites for hydroxylation is 1. The largest absolute Gasteiger partial charge is 0.326 e. The van der Waals surface area contributed by atoms with Crippen molar-refractivity contribution in [1.82, 2.24) is 0 Å². The number of nitrogens with one attached hydrogen (secondary N) is 2. The van der Waals surface area contributed by atoms with Crippen LogP contribution in [-0.4, -0.2) is 5.96 Å². The monoisotopic (exact) mass is 301 g/mol. The molecule has 0 unspecified atom stereocenters. The van der Waals surface area contributed by atoms with Crippen LogP contribution in [0.3, 0.4) is 0 Å². The Balaban J connectivity index is 1.96. The van der Waals surface area contributed by atoms with Crippen LogP contribution in [0.1, 0.15) is 5.56 Å². The van der Waals surface area contributed by atoms with Crippen molar-refractivity contribution in [2.45, 2.75) is 6.92 Å². The number of benzene rings is 3. The fourth-order valence-corrected chi connectivity index (χ4v) is 2.46. The maximum atomic E-state index is 8.57. The Morgan fingerprint density at radius 3 is 1.74 bits per heavy atom. The van der Waals surface area contributed by atoms with Crippen molar-refractivity contribution in [3.8, 4) is 0 Å². The smallest absolute Gasteiger partial charge is 0.204 e. The van der Waals surface area contributed by atoms with Gasteiger partial charge in [-0.15, -0.1) is 0 Å². The summed E-state index contributed by atoms with van der Waals surface area (Å²) >= 11 is 0. The maximum absolute atomic E-state index is 8.57. The predicted molar refractivity (Wildman–Crippen MR) is 97.6 cm³/mol. The summed E-state index contributed by atoms with van der Waals surface area (Å²) in [4.78, 5) is 1.90. The Bertz CT molecular complexity index is 743. The van der Waals surface area contributed by atoms with Crippen LogP contribution in [-0.2, 0) is 0 Å². The highest BCUT2D eigenvalue weighted by Gasteiger charge is 2.15. The molecule has 3 nitrogen and oxygen atoms in total. The van der Waals surface area contributed by atoms with Crippen LogP contribution in [0, 0.1) is 12.3 Å². The zero-order valence-electron chi connectivity index (χ0n) is 13.0. The standard InChI is InChI=1S/C20H19N3/c1-16-10-8-9-15-19(16)22-20(21)23(17-11-4-2-5-12-17)18-13-6-3-7-14-18/h2-15H,1H3,(H2,21,22). The van der Waals surface area contributed by atoms with E-state index in [4.69, 9.17) is 5.41 Å². The summed E-state index contributed by atoms with van der Waals surface area (Å²) in [6.07, 6.45) is 0. The van der Waals surface area contributed by atoms with Gasteiger partial charge in [0.2, 0.25) is 5.96 Å². The average Bonchev–Trinajstić information content (AvgIpc) is 2.59. The van der Waals surface area contributed by atoms with Gasteiger partial charge in [0, 0.05) is 17.1 Å². The summed E-state index contributed by atoms with van der Waals surface area (Å²) in [6, 6.07) is 27.9. The van der Waals surface area contributed by atoms with Gasteiger partial charge in [-0.25, -0.2) is 0 Å². The van der Waals surface area contributed by atoms with Gasteiger partial charge in [0.25, 0.3) is 0 Å². The first kappa shape index (κ1) is 14.9. The first-order valence-corrected chi connectivity index (χ1v) is 7.57. The number of para-hydroxylation sites is 3. The van der Waals surface area contributed by atoms with Gasteiger partial charge in [0.05, 0.1) is 0 Å². The zero-order chi connectivity index (χ0) is 16.1. The Kier molecular flexibility index (Phi) is 4.39. The van der Waals surface area contributed by atoms with E-state index >= 15 is 0 Å². The molecule has 0 saturated heterocycles. The van der Waals surface area contributed by atoms with Crippen molar-refractivity contribution in [3.63, 3.8) is 0 Å². The Hall–Kier alpha value is -3.07. The molecule has 0 atom stereocenters. The molecule has 114 valence electrons. The summed E-state index contributed by atoms with van der Waals surface area (Å²) in [7, 11) is 0. The van der Waals surface area contributed by atoms with E-state index in [0.717, 1.165) is 22.6 Å². The minimum Gasteiger partial charge on any atom is -0.326 e. The lowest BCUT2D eigenvalue weighted by Crippen LogP contribution is -2.31. The number of nitrogens with zero attached hydrogens (tertiary/aromatic N) is 1. The summed E-state index contributed by atoms with van der Waals surface area (Å²) in [5.74, 6) is 0.316. The summed E-state index contributed by atoms with van der Waals surface area (Å²) in [5, 5.41) is 11.8. The molecule has 0 radical (unpaired) electrons. The summed E-state index contributed by atoms with van der Waals surface area (Å²) < 4.78 is 0. The molecule has 0 bridgehead atoms. The summed E-state index contributed by atoms with van der Waals surface area (Å²) in [5.41, 5.74) is 3.95. The fourth-order valence-electron chi connectivity index (χ4n) is 2.46. The molecule has 3 rings (SSSR count). The molecule has 0 heterocycles. The SMILES string of the molecule is Cc1ccccc1NC(=N)N(c1ccccc1)c1ccccc1. The van der Waals surface area contributed by atoms with Crippen molar-refractivity contribution in [3.05, 3.63) is 90.5 Å². The van der Waals surface area contributed by atoms with Gasteiger partial charge in [-0.2, -0.15) is 0 Å². The van der Waals surface area contributed by atoms with E-state index in [2.05, 4.69) is 5.32 Å². The van der Waals surface area contributed by atoms with E-state index in [-0.39, 0.29) is 0 Å². The quantitative estimate of drug-likeness (QED) is 0.517. The molecule has 3 aromatic rings. The van der Waals surface area contributed by atoms with Gasteiger partial charge >= 0.3 is 0 Å². The molecule has 0 aromatic heterocycles. The third-order valence-electron chi connectivity index (χ3n) is 3.65. The lowest BCUT2D eigenvalue weighted by molar-refractivity contribution is 1.27. The fraction of sp³-hybridized carbons (Fsp3) is 0.0500. The van der Waals surface area contributed by atoms with Crippen LogP contribution < -0.4 is 10.2 Å². The Labute approximate surface area is 136 Å². The van der Waals surface area contributed by atoms with E-state index in [0.29, 0.717) is 5.96 Å². The van der Waals surface area contributed by atoms with E-state index in [1.54, 1.807) is 0 Å². The van der Waals surface area contributed by atoms with Crippen LogP contribution in [0.25, 0.3) is 0 Å². The Morgan fingerprint density at radius 1 is 0.739 bits per heavy atom. The van der Waals surface area contributed by atoms with Crippen molar-refractivity contribution < 1.29 is 0 Å². The molecule has 0 aliphatic heterocycles. The molecule has 0 aliphatic rings. The number of hydrogen-bond acceptors (Lipinski definition) is 1. The number of hydrogen-bond donors (Lipinski definition) is 2. The highest BCUT2D eigenvalue weighted by atomic mass is 15.3. The Morgan fingerprint density at radius 2 is 1.22 bits per heavy atom. The molecular formula is C20H19N3. The molecule has 3 aromatic carbocycles. The van der Waals surface area contributed by atoms with Gasteiger partial charge in [-0.3, -0.25) is 10.3 Å². The molecule has 0 aliphatic carbocycles. The molecule has 0 amide bonds. The van der Waals surface area contributed by atoms with Gasteiger partial charge in [0.1, 0.15) is 0 Å². The maximum Gasteiger partial charge on any atom is 0.204 e. The van der Waals surface area contributed by atoms with Crippen LogP contribution in [0.15, 0.2) is 84.9 Å². The highest BCUT2D eigenvalue weighted by Crippen LogP contribution is 2.26. The first-order chi connectivity index (χ1) is 11.3. The molecule has 3 heteroatoms. The van der Waals surface area contributed by atoms with Crippen LogP contribution in [0.4, 0.5) is 17.1 Å². The predicted octanol–water partition coefficient (Wildman–Crippen LogP) is 5.18. The third-order valence-corrected chi connectivity index (χ3v) is 3.65. The van der Waals surface area contributed by atoms with Crippen LogP contribution >= 0.6 is 0 Å². The molecule has 0 saturated carbocycles. The second kappa shape index (κ2) is 6.79. The van der Waals surface area contributed by atoms with Gasteiger partial charge < -0.3 is 5.32 Å². The van der Waals surface area contributed by atoms with Crippen LogP contribution in [0.5, 0.6) is 0 Å². The van der Waals surface area contributed by atoms with E-state index in [1.165, 1.54) is 0 Å². The lowest BCUT2D eigenvalue weighted by atomic mass is 10.2. The molecule has 0 fully saturated rings. The van der Waals surface area contributed by atoms with Crippen molar-refractivity contribution >= 4 is 23.0 Å². The van der Waals surface area contributed by atoms with Crippen LogP contribution in [0.2, 0.25) is 0 Å². The summed E-state index contributed by atoms with van der Waals surface area (Å²) in [6.45, 7) is 2.03. The van der Waals surface area contributed by atoms with E-state index in [1.807, 2.05) is 96.8 Å². The van der Waals surface area contributed by atoms with Gasteiger partial charge in [0.15, 0.2) is 0 Å². The topological polar surface area (TPSA) is 39.1 Å². The second-order valence-corrected chi connectivity index (χ2v) is 5.30.